The molecule has 10 atom stereocenters. The van der Waals surface area contributed by atoms with Crippen LogP contribution in [0.5, 0.6) is 0 Å². The SMILES string of the molecule is CCCCCCCCCCCC(=O)O[C@]12C[C@H](C)[C@@]3(O)C4C=C(C)C(=O)[C@]4(O)[C@@H](O)[C@]4(CO)O[C@@H]4[C@@H]3[C@H]1C2(C)C. The Morgan fingerprint density at radius 1 is 1.07 bits per heavy atom. The highest BCUT2D eigenvalue weighted by atomic mass is 16.6. The first-order chi connectivity index (χ1) is 18.8. The highest BCUT2D eigenvalue weighted by molar-refractivity contribution is 6.05. The fourth-order valence-electron chi connectivity index (χ4n) is 9.28. The Morgan fingerprint density at radius 3 is 2.27 bits per heavy atom. The number of unbranched alkanes of at least 4 members (excludes halogenated alkanes) is 8. The van der Waals surface area contributed by atoms with Gasteiger partial charge in [-0.15, -0.1) is 0 Å². The summed E-state index contributed by atoms with van der Waals surface area (Å²) in [5.41, 5.74) is -6.50. The molecule has 3 saturated carbocycles. The lowest BCUT2D eigenvalue weighted by Crippen LogP contribution is -2.65. The van der Waals surface area contributed by atoms with Crippen molar-refractivity contribution in [2.45, 2.75) is 140 Å². The molecule has 0 aromatic rings. The van der Waals surface area contributed by atoms with Gasteiger partial charge in [-0.2, -0.15) is 0 Å². The number of carbonyl (C=O) groups is 2. The minimum Gasteiger partial charge on any atom is -0.458 e. The Bertz CT molecular complexity index is 1050. The standard InChI is InChI=1S/C32H50O8/c1-6-7-8-9-10-11-12-13-14-15-22(34)39-30-17-20(3)31(37)21-16-19(2)25(35)32(21,38)27(36)29(18-33)26(40-29)23(31)24(30)28(30,4)5/h16,20-21,23-24,26-27,33,36-38H,6-15,17-18H2,1-5H3/t20-,21?,23-,24-,26+,27-,29+,30+,31+,32-/m0/s1. The predicted molar refractivity (Wildman–Crippen MR) is 148 cm³/mol. The number of ketones is 1. The number of esters is 1. The summed E-state index contributed by atoms with van der Waals surface area (Å²) < 4.78 is 12.3. The predicted octanol–water partition coefficient (Wildman–Crippen LogP) is 3.61. The number of ether oxygens (including phenoxy) is 2. The minimum atomic E-state index is -2.30. The lowest BCUT2D eigenvalue weighted by molar-refractivity contribution is -0.215. The van der Waals surface area contributed by atoms with Crippen molar-refractivity contribution in [2.24, 2.45) is 29.1 Å². The van der Waals surface area contributed by atoms with E-state index >= 15 is 0 Å². The lowest BCUT2D eigenvalue weighted by atomic mass is 9.59. The summed E-state index contributed by atoms with van der Waals surface area (Å²) in [5, 5.41) is 46.1. The molecule has 0 radical (unpaired) electrons. The fraction of sp³-hybridized carbons (Fsp3) is 0.875. The third kappa shape index (κ3) is 3.95. The number of epoxide rings is 1. The van der Waals surface area contributed by atoms with Gasteiger partial charge in [0.2, 0.25) is 0 Å². The quantitative estimate of drug-likeness (QED) is 0.161. The highest BCUT2D eigenvalue weighted by Crippen LogP contribution is 2.79. The summed E-state index contributed by atoms with van der Waals surface area (Å²) in [6.07, 6.45) is 10.3. The van der Waals surface area contributed by atoms with E-state index in [1.165, 1.54) is 38.5 Å². The van der Waals surface area contributed by atoms with E-state index in [1.807, 2.05) is 20.8 Å². The largest absolute Gasteiger partial charge is 0.458 e. The number of hydrogen-bond acceptors (Lipinski definition) is 8. The molecule has 0 aromatic heterocycles. The third-order valence-corrected chi connectivity index (χ3v) is 11.7. The van der Waals surface area contributed by atoms with Gasteiger partial charge in [-0.05, 0) is 31.3 Å². The number of carbonyl (C=O) groups excluding carboxylic acids is 2. The van der Waals surface area contributed by atoms with Gasteiger partial charge in [0.1, 0.15) is 17.3 Å². The van der Waals surface area contributed by atoms with Crippen molar-refractivity contribution in [3.05, 3.63) is 11.6 Å². The Morgan fingerprint density at radius 2 is 1.68 bits per heavy atom. The molecule has 226 valence electrons. The van der Waals surface area contributed by atoms with E-state index in [2.05, 4.69) is 6.92 Å². The van der Waals surface area contributed by atoms with E-state index in [0.29, 0.717) is 12.8 Å². The minimum absolute atomic E-state index is 0.238. The van der Waals surface area contributed by atoms with E-state index < -0.39 is 70.2 Å². The Hall–Kier alpha value is -1.32. The van der Waals surface area contributed by atoms with Gasteiger partial charge in [0.25, 0.3) is 0 Å². The van der Waals surface area contributed by atoms with Crippen LogP contribution in [0.15, 0.2) is 11.6 Å². The molecule has 4 aliphatic carbocycles. The molecule has 0 aromatic carbocycles. The molecule has 4 N–H and O–H groups in total. The molecule has 1 heterocycles. The van der Waals surface area contributed by atoms with Crippen molar-refractivity contribution in [3.8, 4) is 0 Å². The zero-order chi connectivity index (χ0) is 29.3. The highest BCUT2D eigenvalue weighted by Gasteiger charge is 2.90. The molecule has 1 saturated heterocycles. The van der Waals surface area contributed by atoms with Crippen molar-refractivity contribution >= 4 is 11.8 Å². The van der Waals surface area contributed by atoms with Crippen LogP contribution in [0.4, 0.5) is 0 Å². The second-order valence-corrected chi connectivity index (χ2v) is 14.2. The zero-order valence-electron chi connectivity index (χ0n) is 24.9. The smallest absolute Gasteiger partial charge is 0.306 e. The average molecular weight is 563 g/mol. The van der Waals surface area contributed by atoms with E-state index in [4.69, 9.17) is 9.47 Å². The fourth-order valence-corrected chi connectivity index (χ4v) is 9.28. The van der Waals surface area contributed by atoms with Crippen LogP contribution in [-0.2, 0) is 19.1 Å². The molecule has 0 spiro atoms. The topological polar surface area (TPSA) is 137 Å². The molecule has 0 bridgehead atoms. The summed E-state index contributed by atoms with van der Waals surface area (Å²) in [6, 6.07) is 0. The van der Waals surface area contributed by atoms with Crippen molar-refractivity contribution in [3.63, 3.8) is 0 Å². The normalized spacial score (nSPS) is 45.9. The lowest BCUT2D eigenvalue weighted by Gasteiger charge is -2.51. The number of aliphatic hydroxyl groups is 4. The summed E-state index contributed by atoms with van der Waals surface area (Å²) in [6.45, 7) is 9.11. The van der Waals surface area contributed by atoms with Crippen LogP contribution < -0.4 is 0 Å². The molecule has 1 unspecified atom stereocenters. The maximum absolute atomic E-state index is 13.2. The summed E-state index contributed by atoms with van der Waals surface area (Å²) in [5.74, 6) is -3.39. The zero-order valence-corrected chi connectivity index (χ0v) is 24.9. The van der Waals surface area contributed by atoms with Crippen LogP contribution in [0.2, 0.25) is 0 Å². The van der Waals surface area contributed by atoms with E-state index in [-0.39, 0.29) is 17.5 Å². The van der Waals surface area contributed by atoms with Crippen LogP contribution >= 0.6 is 0 Å². The molecular weight excluding hydrogens is 512 g/mol. The van der Waals surface area contributed by atoms with Crippen LogP contribution in [0.1, 0.15) is 105 Å². The first kappa shape index (κ1) is 30.1. The first-order valence-electron chi connectivity index (χ1n) is 15.7. The summed E-state index contributed by atoms with van der Waals surface area (Å²) in [4.78, 5) is 26.4. The second-order valence-electron chi connectivity index (χ2n) is 14.2. The maximum atomic E-state index is 13.2. The van der Waals surface area contributed by atoms with E-state index in [9.17, 15) is 30.0 Å². The number of Topliss-reactive ketones (excluding diaryl/α,β-unsaturated/α-hetero) is 1. The van der Waals surface area contributed by atoms with Gasteiger partial charge in [0.15, 0.2) is 11.4 Å². The molecule has 8 heteroatoms. The van der Waals surface area contributed by atoms with Gasteiger partial charge in [0.05, 0.1) is 18.3 Å². The molecule has 4 fully saturated rings. The molecule has 8 nitrogen and oxygen atoms in total. The molecule has 5 rings (SSSR count). The number of aliphatic hydroxyl groups excluding tert-OH is 2. The summed E-state index contributed by atoms with van der Waals surface area (Å²) >= 11 is 0. The maximum Gasteiger partial charge on any atom is 0.306 e. The summed E-state index contributed by atoms with van der Waals surface area (Å²) in [7, 11) is 0. The van der Waals surface area contributed by atoms with Gasteiger partial charge >= 0.3 is 5.97 Å². The van der Waals surface area contributed by atoms with Crippen molar-refractivity contribution < 1.29 is 39.5 Å². The Kier molecular flexibility index (Phi) is 7.65. The van der Waals surface area contributed by atoms with Gasteiger partial charge in [-0.3, -0.25) is 9.59 Å². The average Bonchev–Trinajstić information content (AvgIpc) is 3.73. The van der Waals surface area contributed by atoms with Crippen LogP contribution in [0.25, 0.3) is 0 Å². The molecular formula is C32H50O8. The van der Waals surface area contributed by atoms with Gasteiger partial charge in [0, 0.05) is 29.6 Å². The van der Waals surface area contributed by atoms with Gasteiger partial charge < -0.3 is 29.9 Å². The Labute approximate surface area is 238 Å². The number of hydrogen-bond donors (Lipinski definition) is 4. The molecule has 1 aliphatic heterocycles. The van der Waals surface area contributed by atoms with Crippen molar-refractivity contribution in [2.75, 3.05) is 6.61 Å². The van der Waals surface area contributed by atoms with E-state index in [0.717, 1.165) is 19.3 Å². The van der Waals surface area contributed by atoms with Crippen LogP contribution in [0, 0.1) is 29.1 Å². The van der Waals surface area contributed by atoms with E-state index in [1.54, 1.807) is 13.0 Å². The first-order valence-corrected chi connectivity index (χ1v) is 15.7. The third-order valence-electron chi connectivity index (χ3n) is 11.7. The Balaban J connectivity index is 1.32. The molecule has 0 amide bonds. The second kappa shape index (κ2) is 10.1. The number of rotatable bonds is 12. The monoisotopic (exact) mass is 562 g/mol. The van der Waals surface area contributed by atoms with Crippen molar-refractivity contribution in [1.29, 1.82) is 0 Å². The van der Waals surface area contributed by atoms with Crippen molar-refractivity contribution in [1.82, 2.24) is 0 Å². The molecule has 5 aliphatic rings. The van der Waals surface area contributed by atoms with Gasteiger partial charge in [-0.25, -0.2) is 0 Å². The van der Waals surface area contributed by atoms with Crippen LogP contribution in [-0.4, -0.2) is 73.4 Å². The molecule has 40 heavy (non-hydrogen) atoms. The van der Waals surface area contributed by atoms with Gasteiger partial charge in [-0.1, -0.05) is 85.1 Å². The van der Waals surface area contributed by atoms with Crippen LogP contribution in [0.3, 0.4) is 0 Å². The number of fused-ring (bicyclic) bond motifs is 7.